The van der Waals surface area contributed by atoms with Crippen molar-refractivity contribution in [3.05, 3.63) is 71.8 Å². The van der Waals surface area contributed by atoms with Crippen LogP contribution in [0, 0.1) is 5.92 Å². The molecule has 0 bridgehead atoms. The first-order valence-corrected chi connectivity index (χ1v) is 11.3. The minimum atomic E-state index is -0.729. The number of rotatable bonds is 10. The molecule has 1 N–H and O–H groups in total. The topological polar surface area (TPSA) is 59.0 Å². The summed E-state index contributed by atoms with van der Waals surface area (Å²) in [4.78, 5) is 14.6. The first-order chi connectivity index (χ1) is 15.0. The van der Waals surface area contributed by atoms with Crippen LogP contribution in [-0.2, 0) is 20.9 Å². The summed E-state index contributed by atoms with van der Waals surface area (Å²) in [5, 5.41) is 10.7. The number of carbonyl (C=O) groups is 1. The zero-order valence-electron chi connectivity index (χ0n) is 18.1. The average molecular weight is 442 g/mol. The van der Waals surface area contributed by atoms with Crippen LogP contribution in [0.15, 0.2) is 60.7 Å². The van der Waals surface area contributed by atoms with Crippen LogP contribution in [0.3, 0.4) is 0 Å². The SMILES string of the molecule is C[C@H](C(=O)N1C(=S)O[C@@H](c2ccccc2)[C@H]1C)[C@H](O)CCCCOCc1ccccc1. The predicted octanol–water partition coefficient (Wildman–Crippen LogP) is 4.64. The normalized spacial score (nSPS) is 20.4. The highest BCUT2D eigenvalue weighted by molar-refractivity contribution is 7.80. The van der Waals surface area contributed by atoms with Crippen molar-refractivity contribution in [2.45, 2.75) is 58.0 Å². The number of aliphatic hydroxyl groups is 1. The third-order valence-corrected chi connectivity index (χ3v) is 6.05. The molecule has 166 valence electrons. The predicted molar refractivity (Wildman–Crippen MR) is 124 cm³/mol. The number of unbranched alkanes of at least 4 members (excludes halogenated alkanes) is 1. The number of benzene rings is 2. The Kier molecular flexibility index (Phi) is 8.58. The minimum absolute atomic E-state index is 0.180. The summed E-state index contributed by atoms with van der Waals surface area (Å²) in [7, 11) is 0. The fourth-order valence-corrected chi connectivity index (χ4v) is 4.16. The van der Waals surface area contributed by atoms with E-state index in [2.05, 4.69) is 0 Å². The van der Waals surface area contributed by atoms with Gasteiger partial charge >= 0.3 is 0 Å². The van der Waals surface area contributed by atoms with E-state index < -0.39 is 12.0 Å². The molecule has 0 aromatic heterocycles. The lowest BCUT2D eigenvalue weighted by Crippen LogP contribution is -2.44. The van der Waals surface area contributed by atoms with E-state index in [4.69, 9.17) is 21.7 Å². The van der Waals surface area contributed by atoms with Gasteiger partial charge in [0, 0.05) is 6.61 Å². The van der Waals surface area contributed by atoms with E-state index >= 15 is 0 Å². The number of carbonyl (C=O) groups excluding carboxylic acids is 1. The molecular formula is C25H31NO4S. The minimum Gasteiger partial charge on any atom is -0.460 e. The lowest BCUT2D eigenvalue weighted by atomic mass is 9.96. The Morgan fingerprint density at radius 3 is 2.45 bits per heavy atom. The Hall–Kier alpha value is -2.28. The zero-order chi connectivity index (χ0) is 22.2. The van der Waals surface area contributed by atoms with Crippen molar-refractivity contribution < 1.29 is 19.4 Å². The van der Waals surface area contributed by atoms with Crippen LogP contribution in [-0.4, -0.2) is 39.8 Å². The van der Waals surface area contributed by atoms with Crippen LogP contribution in [0.4, 0.5) is 0 Å². The van der Waals surface area contributed by atoms with E-state index in [9.17, 15) is 9.90 Å². The number of ether oxygens (including phenoxy) is 2. The van der Waals surface area contributed by atoms with Gasteiger partial charge in [-0.25, -0.2) is 0 Å². The maximum atomic E-state index is 13.1. The van der Waals surface area contributed by atoms with Gasteiger partial charge in [-0.3, -0.25) is 9.69 Å². The Morgan fingerprint density at radius 1 is 1.13 bits per heavy atom. The van der Waals surface area contributed by atoms with Gasteiger partial charge in [-0.2, -0.15) is 0 Å². The van der Waals surface area contributed by atoms with Crippen molar-refractivity contribution in [2.24, 2.45) is 5.92 Å². The Labute approximate surface area is 190 Å². The van der Waals surface area contributed by atoms with Crippen molar-refractivity contribution in [2.75, 3.05) is 6.61 Å². The van der Waals surface area contributed by atoms with Gasteiger partial charge in [0.05, 0.1) is 24.7 Å². The Morgan fingerprint density at radius 2 is 1.77 bits per heavy atom. The van der Waals surface area contributed by atoms with Gasteiger partial charge in [-0.15, -0.1) is 0 Å². The van der Waals surface area contributed by atoms with Crippen molar-refractivity contribution in [1.82, 2.24) is 4.90 Å². The molecular weight excluding hydrogens is 410 g/mol. The van der Waals surface area contributed by atoms with E-state index in [0.29, 0.717) is 19.6 Å². The summed E-state index contributed by atoms with van der Waals surface area (Å²) in [6, 6.07) is 19.6. The summed E-state index contributed by atoms with van der Waals surface area (Å²) in [5.74, 6) is -0.743. The fraction of sp³-hybridized carbons (Fsp3) is 0.440. The van der Waals surface area contributed by atoms with Crippen LogP contribution >= 0.6 is 12.2 Å². The molecule has 3 rings (SSSR count). The quantitative estimate of drug-likeness (QED) is 0.430. The second kappa shape index (κ2) is 11.4. The maximum Gasteiger partial charge on any atom is 0.267 e. The molecule has 6 heteroatoms. The standard InChI is InChI=1S/C25H31NO4S/c1-18(22(27)15-9-10-16-29-17-20-11-5-3-6-12-20)24(28)26-19(2)23(30-25(26)31)21-13-7-4-8-14-21/h3-8,11-14,18-19,22-23,27H,9-10,15-17H2,1-2H3/t18-,19+,22+,23+/m0/s1. The summed E-state index contributed by atoms with van der Waals surface area (Å²) >= 11 is 5.34. The maximum absolute atomic E-state index is 13.1. The lowest BCUT2D eigenvalue weighted by Gasteiger charge is -2.26. The molecule has 1 aliphatic heterocycles. The number of thiocarbonyl (C=S) groups is 1. The molecule has 1 saturated heterocycles. The number of hydrogen-bond donors (Lipinski definition) is 1. The number of aliphatic hydroxyl groups excluding tert-OH is 1. The fourth-order valence-electron chi connectivity index (χ4n) is 3.80. The highest BCUT2D eigenvalue weighted by Gasteiger charge is 2.43. The molecule has 1 heterocycles. The molecule has 2 aromatic carbocycles. The number of hydrogen-bond acceptors (Lipinski definition) is 5. The molecule has 31 heavy (non-hydrogen) atoms. The first-order valence-electron chi connectivity index (χ1n) is 10.9. The van der Waals surface area contributed by atoms with Crippen molar-refractivity contribution in [1.29, 1.82) is 0 Å². The van der Waals surface area contributed by atoms with E-state index in [-0.39, 0.29) is 23.2 Å². The molecule has 1 fully saturated rings. The van der Waals surface area contributed by atoms with Gasteiger partial charge in [-0.05, 0) is 49.5 Å². The Bertz CT molecular complexity index is 845. The van der Waals surface area contributed by atoms with Crippen LogP contribution in [0.2, 0.25) is 0 Å². The summed E-state index contributed by atoms with van der Waals surface area (Å²) in [6.45, 7) is 4.90. The summed E-state index contributed by atoms with van der Waals surface area (Å²) in [5.41, 5.74) is 2.13. The molecule has 0 unspecified atom stereocenters. The lowest BCUT2D eigenvalue weighted by molar-refractivity contribution is -0.135. The van der Waals surface area contributed by atoms with E-state index in [0.717, 1.165) is 24.0 Å². The third kappa shape index (κ3) is 6.12. The molecule has 0 aliphatic carbocycles. The van der Waals surface area contributed by atoms with Gasteiger partial charge in [-0.1, -0.05) is 67.6 Å². The second-order valence-corrected chi connectivity index (χ2v) is 8.40. The van der Waals surface area contributed by atoms with Crippen molar-refractivity contribution in [3.63, 3.8) is 0 Å². The highest BCUT2D eigenvalue weighted by atomic mass is 32.1. The van der Waals surface area contributed by atoms with Crippen LogP contribution in [0.25, 0.3) is 0 Å². The number of nitrogens with zero attached hydrogens (tertiary/aromatic N) is 1. The molecule has 0 spiro atoms. The summed E-state index contributed by atoms with van der Waals surface area (Å²) in [6.07, 6.45) is 1.15. The number of amides is 1. The third-order valence-electron chi connectivity index (χ3n) is 5.75. The largest absolute Gasteiger partial charge is 0.460 e. The van der Waals surface area contributed by atoms with Gasteiger partial charge in [0.15, 0.2) is 0 Å². The first kappa shape index (κ1) is 23.4. The molecule has 4 atom stereocenters. The Balaban J connectivity index is 1.43. The van der Waals surface area contributed by atoms with Gasteiger partial charge < -0.3 is 14.6 Å². The molecule has 1 amide bonds. The molecule has 0 radical (unpaired) electrons. The van der Waals surface area contributed by atoms with Crippen LogP contribution in [0.5, 0.6) is 0 Å². The molecule has 2 aromatic rings. The summed E-state index contributed by atoms with van der Waals surface area (Å²) < 4.78 is 11.5. The second-order valence-electron chi connectivity index (χ2n) is 8.05. The van der Waals surface area contributed by atoms with Gasteiger partial charge in [0.2, 0.25) is 5.91 Å². The van der Waals surface area contributed by atoms with E-state index in [1.165, 1.54) is 4.90 Å². The van der Waals surface area contributed by atoms with Crippen molar-refractivity contribution >= 4 is 23.3 Å². The zero-order valence-corrected chi connectivity index (χ0v) is 19.0. The molecule has 0 saturated carbocycles. The smallest absolute Gasteiger partial charge is 0.267 e. The van der Waals surface area contributed by atoms with Gasteiger partial charge in [0.1, 0.15) is 6.10 Å². The molecule has 5 nitrogen and oxygen atoms in total. The van der Waals surface area contributed by atoms with E-state index in [1.807, 2.05) is 67.6 Å². The molecule has 1 aliphatic rings. The highest BCUT2D eigenvalue weighted by Crippen LogP contribution is 2.33. The van der Waals surface area contributed by atoms with E-state index in [1.54, 1.807) is 6.92 Å². The van der Waals surface area contributed by atoms with Crippen LogP contribution < -0.4 is 0 Å². The average Bonchev–Trinajstić information content (AvgIpc) is 3.10. The van der Waals surface area contributed by atoms with Gasteiger partial charge in [0.25, 0.3) is 5.17 Å². The van der Waals surface area contributed by atoms with Crippen LogP contribution in [0.1, 0.15) is 50.3 Å². The van der Waals surface area contributed by atoms with Crippen molar-refractivity contribution in [3.8, 4) is 0 Å². The monoisotopic (exact) mass is 441 g/mol.